The average Bonchev–Trinajstić information content (AvgIpc) is 2.93. The van der Waals surface area contributed by atoms with Crippen molar-refractivity contribution in [1.29, 1.82) is 0 Å². The predicted octanol–water partition coefficient (Wildman–Crippen LogP) is 2.77. The standard InChI is InChI=1S/C18H33N5.HI/c1-5-19-18(23(4)15-17-7-6-12-22(17)3)20-11-8-16-9-13-21(2)14-10-16;/h6-7,12,16H,5,8-11,13-15H2,1-4H3,(H,19,20);1H. The van der Waals surface area contributed by atoms with Crippen molar-refractivity contribution in [3.05, 3.63) is 24.0 Å². The topological polar surface area (TPSA) is 35.8 Å². The summed E-state index contributed by atoms with van der Waals surface area (Å²) in [4.78, 5) is 9.49. The van der Waals surface area contributed by atoms with E-state index in [9.17, 15) is 0 Å². The lowest BCUT2D eigenvalue weighted by Gasteiger charge is -2.28. The van der Waals surface area contributed by atoms with Gasteiger partial charge in [-0.1, -0.05) is 0 Å². The smallest absolute Gasteiger partial charge is 0.194 e. The summed E-state index contributed by atoms with van der Waals surface area (Å²) in [5, 5.41) is 3.42. The molecule has 1 aliphatic rings. The second-order valence-electron chi connectivity index (χ2n) is 6.74. The van der Waals surface area contributed by atoms with Crippen LogP contribution in [0.3, 0.4) is 0 Å². The van der Waals surface area contributed by atoms with Gasteiger partial charge in [-0.15, -0.1) is 24.0 Å². The summed E-state index contributed by atoms with van der Waals surface area (Å²) in [5.41, 5.74) is 1.30. The molecule has 1 fully saturated rings. The van der Waals surface area contributed by atoms with Crippen LogP contribution in [0.4, 0.5) is 0 Å². The number of nitrogens with one attached hydrogen (secondary N) is 1. The molecule has 1 aliphatic heterocycles. The van der Waals surface area contributed by atoms with Crippen LogP contribution in [-0.4, -0.2) is 60.6 Å². The Morgan fingerprint density at radius 1 is 1.33 bits per heavy atom. The number of halogens is 1. The number of aromatic nitrogens is 1. The molecule has 2 rings (SSSR count). The molecule has 0 radical (unpaired) electrons. The van der Waals surface area contributed by atoms with Crippen LogP contribution in [0.15, 0.2) is 23.3 Å². The van der Waals surface area contributed by atoms with E-state index in [1.165, 1.54) is 38.0 Å². The van der Waals surface area contributed by atoms with E-state index in [4.69, 9.17) is 4.99 Å². The fourth-order valence-electron chi connectivity index (χ4n) is 3.15. The number of guanidine groups is 1. The molecule has 1 aromatic rings. The maximum atomic E-state index is 4.85. The van der Waals surface area contributed by atoms with Gasteiger partial charge in [-0.2, -0.15) is 0 Å². The maximum Gasteiger partial charge on any atom is 0.194 e. The number of rotatable bonds is 6. The van der Waals surface area contributed by atoms with E-state index in [1.54, 1.807) is 0 Å². The number of piperidine rings is 1. The fraction of sp³-hybridized carbons (Fsp3) is 0.722. The summed E-state index contributed by atoms with van der Waals surface area (Å²) in [6.07, 6.45) is 5.94. The second kappa shape index (κ2) is 11.0. The first-order chi connectivity index (χ1) is 11.1. The second-order valence-corrected chi connectivity index (χ2v) is 6.74. The molecule has 0 saturated carbocycles. The lowest BCUT2D eigenvalue weighted by molar-refractivity contribution is 0.214. The van der Waals surface area contributed by atoms with Crippen LogP contribution in [0.2, 0.25) is 0 Å². The molecule has 0 unspecified atom stereocenters. The quantitative estimate of drug-likeness (QED) is 0.414. The molecule has 0 aliphatic carbocycles. The van der Waals surface area contributed by atoms with Crippen LogP contribution < -0.4 is 5.32 Å². The molecule has 2 heterocycles. The summed E-state index contributed by atoms with van der Waals surface area (Å²) >= 11 is 0. The molecule has 1 N–H and O–H groups in total. The minimum atomic E-state index is 0. The maximum absolute atomic E-state index is 4.85. The lowest BCUT2D eigenvalue weighted by atomic mass is 9.94. The van der Waals surface area contributed by atoms with Gasteiger partial charge in [0.15, 0.2) is 5.96 Å². The molecule has 0 bridgehead atoms. The predicted molar refractivity (Wildman–Crippen MR) is 113 cm³/mol. The van der Waals surface area contributed by atoms with E-state index in [2.05, 4.69) is 66.1 Å². The van der Waals surface area contributed by atoms with Gasteiger partial charge in [0.05, 0.1) is 6.54 Å². The molecule has 1 saturated heterocycles. The van der Waals surface area contributed by atoms with Crippen molar-refractivity contribution in [2.45, 2.75) is 32.7 Å². The molecule has 0 aromatic carbocycles. The first-order valence-corrected chi connectivity index (χ1v) is 8.88. The van der Waals surface area contributed by atoms with Crippen molar-refractivity contribution in [2.24, 2.45) is 18.0 Å². The first kappa shape index (κ1) is 21.3. The van der Waals surface area contributed by atoms with Crippen molar-refractivity contribution in [2.75, 3.05) is 40.3 Å². The van der Waals surface area contributed by atoms with Crippen LogP contribution in [0.25, 0.3) is 0 Å². The van der Waals surface area contributed by atoms with Crippen molar-refractivity contribution in [3.8, 4) is 0 Å². The zero-order chi connectivity index (χ0) is 16.7. The normalized spacial score (nSPS) is 16.8. The molecule has 24 heavy (non-hydrogen) atoms. The molecular formula is C18H34IN5. The highest BCUT2D eigenvalue weighted by Crippen LogP contribution is 2.19. The summed E-state index contributed by atoms with van der Waals surface area (Å²) in [6.45, 7) is 7.31. The van der Waals surface area contributed by atoms with Gasteiger partial charge < -0.3 is 19.7 Å². The number of hydrogen-bond acceptors (Lipinski definition) is 2. The van der Waals surface area contributed by atoms with Gasteiger partial charge in [0.1, 0.15) is 0 Å². The minimum Gasteiger partial charge on any atom is -0.357 e. The Labute approximate surface area is 164 Å². The Kier molecular flexibility index (Phi) is 9.73. The van der Waals surface area contributed by atoms with Gasteiger partial charge in [-0.3, -0.25) is 4.99 Å². The first-order valence-electron chi connectivity index (χ1n) is 8.88. The van der Waals surface area contributed by atoms with Crippen molar-refractivity contribution < 1.29 is 0 Å². The summed E-state index contributed by atoms with van der Waals surface area (Å²) < 4.78 is 2.17. The molecule has 1 aromatic heterocycles. The highest BCUT2D eigenvalue weighted by molar-refractivity contribution is 14.0. The SMILES string of the molecule is CCNC(=NCCC1CCN(C)CC1)N(C)Cc1cccn1C.I. The van der Waals surface area contributed by atoms with E-state index in [-0.39, 0.29) is 24.0 Å². The fourth-order valence-corrected chi connectivity index (χ4v) is 3.15. The van der Waals surface area contributed by atoms with Gasteiger partial charge in [0.2, 0.25) is 0 Å². The van der Waals surface area contributed by atoms with E-state index >= 15 is 0 Å². The van der Waals surface area contributed by atoms with Gasteiger partial charge in [-0.25, -0.2) is 0 Å². The van der Waals surface area contributed by atoms with Crippen molar-refractivity contribution >= 4 is 29.9 Å². The number of aliphatic imine (C=N–C) groups is 1. The Hall–Kier alpha value is -0.760. The van der Waals surface area contributed by atoms with Crippen molar-refractivity contribution in [1.82, 2.24) is 19.7 Å². The van der Waals surface area contributed by atoms with Crippen LogP contribution in [-0.2, 0) is 13.6 Å². The molecule has 5 nitrogen and oxygen atoms in total. The number of hydrogen-bond donors (Lipinski definition) is 1. The monoisotopic (exact) mass is 447 g/mol. The van der Waals surface area contributed by atoms with Crippen molar-refractivity contribution in [3.63, 3.8) is 0 Å². The van der Waals surface area contributed by atoms with Crippen LogP contribution in [0.5, 0.6) is 0 Å². The summed E-state index contributed by atoms with van der Waals surface area (Å²) in [6, 6.07) is 4.26. The Balaban J connectivity index is 0.00000288. The third-order valence-corrected chi connectivity index (χ3v) is 4.78. The molecule has 0 amide bonds. The highest BCUT2D eigenvalue weighted by Gasteiger charge is 2.16. The third-order valence-electron chi connectivity index (χ3n) is 4.78. The zero-order valence-electron chi connectivity index (χ0n) is 15.7. The van der Waals surface area contributed by atoms with Gasteiger partial charge in [0, 0.05) is 39.1 Å². The van der Waals surface area contributed by atoms with Gasteiger partial charge in [0.25, 0.3) is 0 Å². The van der Waals surface area contributed by atoms with Crippen LogP contribution in [0.1, 0.15) is 31.9 Å². The largest absolute Gasteiger partial charge is 0.357 e. The summed E-state index contributed by atoms with van der Waals surface area (Å²) in [7, 11) is 6.42. The third kappa shape index (κ3) is 6.63. The number of nitrogens with zero attached hydrogens (tertiary/aromatic N) is 4. The van der Waals surface area contributed by atoms with E-state index < -0.39 is 0 Å². The molecule has 138 valence electrons. The Morgan fingerprint density at radius 3 is 2.62 bits per heavy atom. The molecule has 0 spiro atoms. The molecule has 0 atom stereocenters. The number of aryl methyl sites for hydroxylation is 1. The average molecular weight is 447 g/mol. The Morgan fingerprint density at radius 2 is 2.04 bits per heavy atom. The highest BCUT2D eigenvalue weighted by atomic mass is 127. The van der Waals surface area contributed by atoms with Gasteiger partial charge >= 0.3 is 0 Å². The number of likely N-dealkylation sites (tertiary alicyclic amines) is 1. The van der Waals surface area contributed by atoms with Gasteiger partial charge in [-0.05, 0) is 64.4 Å². The van der Waals surface area contributed by atoms with Crippen LogP contribution >= 0.6 is 24.0 Å². The molecule has 6 heteroatoms. The zero-order valence-corrected chi connectivity index (χ0v) is 18.0. The minimum absolute atomic E-state index is 0. The van der Waals surface area contributed by atoms with Crippen LogP contribution in [0, 0.1) is 5.92 Å². The Bertz CT molecular complexity index is 491. The lowest BCUT2D eigenvalue weighted by Crippen LogP contribution is -2.39. The van der Waals surface area contributed by atoms with E-state index in [0.717, 1.165) is 31.5 Å². The summed E-state index contributed by atoms with van der Waals surface area (Å²) in [5.74, 6) is 1.86. The molecular weight excluding hydrogens is 413 g/mol. The van der Waals surface area contributed by atoms with E-state index in [1.807, 2.05) is 0 Å². The van der Waals surface area contributed by atoms with E-state index in [0.29, 0.717) is 0 Å².